The summed E-state index contributed by atoms with van der Waals surface area (Å²) in [6.45, 7) is 0. The number of carbonyl (C=O) groups is 1. The van der Waals surface area contributed by atoms with E-state index in [1.165, 1.54) is 0 Å². The van der Waals surface area contributed by atoms with Crippen LogP contribution in [0, 0.1) is 0 Å². The van der Waals surface area contributed by atoms with Crippen LogP contribution in [-0.4, -0.2) is 26.4 Å². The Kier molecular flexibility index (Phi) is 3.81. The molecule has 3 rings (SSSR count). The molecule has 0 spiro atoms. The van der Waals surface area contributed by atoms with E-state index < -0.39 is 10.0 Å². The van der Waals surface area contributed by atoms with Gasteiger partial charge in [0.25, 0.3) is 0 Å². The SMILES string of the molecule is NC1CCCC1NS(=O)(=O)c1cc2c(cc1Br)NC(=O)C2. The van der Waals surface area contributed by atoms with Crippen molar-refractivity contribution >= 4 is 37.5 Å². The molecule has 21 heavy (non-hydrogen) atoms. The van der Waals surface area contributed by atoms with Gasteiger partial charge in [-0.25, -0.2) is 13.1 Å². The second-order valence-electron chi connectivity index (χ2n) is 5.49. The smallest absolute Gasteiger partial charge is 0.242 e. The van der Waals surface area contributed by atoms with E-state index in [1.807, 2.05) is 0 Å². The van der Waals surface area contributed by atoms with Crippen LogP contribution in [0.1, 0.15) is 24.8 Å². The summed E-state index contributed by atoms with van der Waals surface area (Å²) in [5.74, 6) is -0.128. The van der Waals surface area contributed by atoms with Crippen LogP contribution < -0.4 is 15.8 Å². The lowest BCUT2D eigenvalue weighted by atomic mass is 10.2. The molecule has 8 heteroatoms. The standard InChI is InChI=1S/C13H16BrN3O3S/c14-8-6-11-7(5-13(18)16-11)4-12(8)21(19,20)17-10-3-1-2-9(10)15/h4,6,9-10,17H,1-3,5,15H2,(H,16,18). The minimum atomic E-state index is -3.66. The van der Waals surface area contributed by atoms with Gasteiger partial charge in [-0.15, -0.1) is 0 Å². The van der Waals surface area contributed by atoms with Crippen LogP contribution in [0.2, 0.25) is 0 Å². The van der Waals surface area contributed by atoms with Gasteiger partial charge in [0.15, 0.2) is 0 Å². The number of rotatable bonds is 3. The summed E-state index contributed by atoms with van der Waals surface area (Å²) in [5.41, 5.74) is 7.27. The number of hydrogen-bond donors (Lipinski definition) is 3. The Bertz CT molecular complexity index is 705. The summed E-state index contributed by atoms with van der Waals surface area (Å²) >= 11 is 3.27. The first-order valence-corrected chi connectivity index (χ1v) is 9.04. The average molecular weight is 374 g/mol. The number of nitrogens with one attached hydrogen (secondary N) is 2. The molecule has 1 fully saturated rings. The summed E-state index contributed by atoms with van der Waals surface area (Å²) in [7, 11) is -3.66. The molecule has 6 nitrogen and oxygen atoms in total. The highest BCUT2D eigenvalue weighted by Crippen LogP contribution is 2.33. The molecule has 0 bridgehead atoms. The molecule has 1 aliphatic heterocycles. The normalized spacial score (nSPS) is 25.0. The lowest BCUT2D eigenvalue weighted by molar-refractivity contribution is -0.115. The van der Waals surface area contributed by atoms with Crippen LogP contribution >= 0.6 is 15.9 Å². The number of carbonyl (C=O) groups excluding carboxylic acids is 1. The Hall–Kier alpha value is -0.960. The summed E-state index contributed by atoms with van der Waals surface area (Å²) in [6, 6.07) is 2.80. The van der Waals surface area contributed by atoms with Gasteiger partial charge in [-0.3, -0.25) is 4.79 Å². The Morgan fingerprint density at radius 2 is 2.10 bits per heavy atom. The maximum Gasteiger partial charge on any atom is 0.242 e. The van der Waals surface area contributed by atoms with Gasteiger partial charge in [-0.1, -0.05) is 6.42 Å². The Morgan fingerprint density at radius 1 is 1.33 bits per heavy atom. The first kappa shape index (κ1) is 15.0. The second kappa shape index (κ2) is 5.35. The topological polar surface area (TPSA) is 101 Å². The van der Waals surface area contributed by atoms with Crippen LogP contribution in [0.5, 0.6) is 0 Å². The predicted octanol–water partition coefficient (Wildman–Crippen LogP) is 1.10. The molecular weight excluding hydrogens is 358 g/mol. The number of hydrogen-bond acceptors (Lipinski definition) is 4. The molecule has 1 aromatic carbocycles. The van der Waals surface area contributed by atoms with E-state index in [0.717, 1.165) is 19.3 Å². The lowest BCUT2D eigenvalue weighted by Crippen LogP contribution is -2.43. The van der Waals surface area contributed by atoms with Gasteiger partial charge in [0.2, 0.25) is 15.9 Å². The van der Waals surface area contributed by atoms with E-state index in [1.54, 1.807) is 12.1 Å². The van der Waals surface area contributed by atoms with Crippen molar-refractivity contribution in [3.63, 3.8) is 0 Å². The third-order valence-electron chi connectivity index (χ3n) is 3.95. The summed E-state index contributed by atoms with van der Waals surface area (Å²) in [5, 5.41) is 2.69. The first-order valence-electron chi connectivity index (χ1n) is 6.77. The number of halogens is 1. The average Bonchev–Trinajstić information content (AvgIpc) is 2.93. The fourth-order valence-corrected chi connectivity index (χ4v) is 5.24. The molecule has 1 amide bonds. The van der Waals surface area contributed by atoms with Gasteiger partial charge in [0.05, 0.1) is 11.3 Å². The molecule has 1 aliphatic carbocycles. The van der Waals surface area contributed by atoms with Crippen molar-refractivity contribution < 1.29 is 13.2 Å². The maximum absolute atomic E-state index is 12.5. The highest BCUT2D eigenvalue weighted by atomic mass is 79.9. The predicted molar refractivity (Wildman–Crippen MR) is 82.4 cm³/mol. The molecule has 0 saturated heterocycles. The molecule has 1 saturated carbocycles. The summed E-state index contributed by atoms with van der Waals surface area (Å²) in [6.07, 6.45) is 2.71. The third-order valence-corrected chi connectivity index (χ3v) is 6.40. The molecule has 114 valence electrons. The zero-order valence-electron chi connectivity index (χ0n) is 11.2. The number of sulfonamides is 1. The third kappa shape index (κ3) is 2.85. The minimum Gasteiger partial charge on any atom is -0.326 e. The van der Waals surface area contributed by atoms with Gasteiger partial charge in [0.1, 0.15) is 0 Å². The number of fused-ring (bicyclic) bond motifs is 1. The molecule has 2 unspecified atom stereocenters. The quantitative estimate of drug-likeness (QED) is 0.738. The molecule has 1 aromatic rings. The van der Waals surface area contributed by atoms with Crippen LogP contribution in [0.25, 0.3) is 0 Å². The molecule has 0 radical (unpaired) electrons. The van der Waals surface area contributed by atoms with Crippen molar-refractivity contribution in [1.82, 2.24) is 4.72 Å². The van der Waals surface area contributed by atoms with Gasteiger partial charge < -0.3 is 11.1 Å². The zero-order chi connectivity index (χ0) is 15.2. The molecular formula is C13H16BrN3O3S. The lowest BCUT2D eigenvalue weighted by Gasteiger charge is -2.18. The molecule has 0 aromatic heterocycles. The van der Waals surface area contributed by atoms with Crippen molar-refractivity contribution in [2.45, 2.75) is 42.7 Å². The van der Waals surface area contributed by atoms with Crippen molar-refractivity contribution in [2.24, 2.45) is 5.73 Å². The fourth-order valence-electron chi connectivity index (χ4n) is 2.83. The van der Waals surface area contributed by atoms with Gasteiger partial charge >= 0.3 is 0 Å². The van der Waals surface area contributed by atoms with Gasteiger partial charge in [0, 0.05) is 22.2 Å². The van der Waals surface area contributed by atoms with E-state index in [0.29, 0.717) is 15.7 Å². The van der Waals surface area contributed by atoms with E-state index in [4.69, 9.17) is 5.73 Å². The van der Waals surface area contributed by atoms with Crippen LogP contribution in [0.4, 0.5) is 5.69 Å². The highest BCUT2D eigenvalue weighted by Gasteiger charge is 2.31. The molecule has 1 heterocycles. The monoisotopic (exact) mass is 373 g/mol. The number of anilines is 1. The first-order chi connectivity index (χ1) is 9.87. The number of benzene rings is 1. The summed E-state index contributed by atoms with van der Waals surface area (Å²) < 4.78 is 28.2. The largest absolute Gasteiger partial charge is 0.326 e. The van der Waals surface area contributed by atoms with Gasteiger partial charge in [-0.2, -0.15) is 0 Å². The van der Waals surface area contributed by atoms with Gasteiger partial charge in [-0.05, 0) is 46.5 Å². The van der Waals surface area contributed by atoms with E-state index in [9.17, 15) is 13.2 Å². The Labute approximate surface area is 131 Å². The Balaban J connectivity index is 1.92. The number of nitrogens with two attached hydrogens (primary N) is 1. The highest BCUT2D eigenvalue weighted by molar-refractivity contribution is 9.10. The van der Waals surface area contributed by atoms with Crippen molar-refractivity contribution in [3.05, 3.63) is 22.2 Å². The maximum atomic E-state index is 12.5. The van der Waals surface area contributed by atoms with E-state index in [2.05, 4.69) is 26.0 Å². The van der Waals surface area contributed by atoms with Crippen molar-refractivity contribution in [2.75, 3.05) is 5.32 Å². The van der Waals surface area contributed by atoms with Crippen LogP contribution in [-0.2, 0) is 21.2 Å². The fraction of sp³-hybridized carbons (Fsp3) is 0.462. The van der Waals surface area contributed by atoms with Crippen LogP contribution in [0.15, 0.2) is 21.5 Å². The zero-order valence-corrected chi connectivity index (χ0v) is 13.6. The summed E-state index contributed by atoms with van der Waals surface area (Å²) in [4.78, 5) is 11.5. The molecule has 2 atom stereocenters. The second-order valence-corrected chi connectivity index (χ2v) is 8.02. The van der Waals surface area contributed by atoms with E-state index >= 15 is 0 Å². The van der Waals surface area contributed by atoms with Crippen LogP contribution in [0.3, 0.4) is 0 Å². The van der Waals surface area contributed by atoms with Crippen molar-refractivity contribution in [3.8, 4) is 0 Å². The van der Waals surface area contributed by atoms with Crippen molar-refractivity contribution in [1.29, 1.82) is 0 Å². The molecule has 4 N–H and O–H groups in total. The minimum absolute atomic E-state index is 0.128. The molecule has 2 aliphatic rings. The van der Waals surface area contributed by atoms with E-state index in [-0.39, 0.29) is 29.3 Å². The Morgan fingerprint density at radius 3 is 2.76 bits per heavy atom. The number of amides is 1.